The summed E-state index contributed by atoms with van der Waals surface area (Å²) in [7, 11) is 0. The summed E-state index contributed by atoms with van der Waals surface area (Å²) in [6, 6.07) is 12.0. The Hall–Kier alpha value is -1.97. The summed E-state index contributed by atoms with van der Waals surface area (Å²) in [5.74, 6) is 0.175. The zero-order chi connectivity index (χ0) is 13.9. The molecular formula is C15H12F3O. The molecule has 1 nitrogen and oxygen atoms in total. The Balaban J connectivity index is 2.33. The zero-order valence-electron chi connectivity index (χ0n) is 10.1. The Labute approximate surface area is 109 Å². The second kappa shape index (κ2) is 5.34. The van der Waals surface area contributed by atoms with E-state index >= 15 is 0 Å². The summed E-state index contributed by atoms with van der Waals surface area (Å²) in [5.41, 5.74) is 0.122. The van der Waals surface area contributed by atoms with E-state index in [-0.39, 0.29) is 5.75 Å². The molecule has 0 N–H and O–H groups in total. The van der Waals surface area contributed by atoms with Gasteiger partial charge in [-0.1, -0.05) is 24.3 Å². The van der Waals surface area contributed by atoms with Crippen LogP contribution in [-0.2, 0) is 12.6 Å². The van der Waals surface area contributed by atoms with Crippen molar-refractivity contribution in [2.75, 3.05) is 0 Å². The van der Waals surface area contributed by atoms with Crippen LogP contribution in [0.5, 0.6) is 11.5 Å². The van der Waals surface area contributed by atoms with Crippen molar-refractivity contribution >= 4 is 0 Å². The lowest BCUT2D eigenvalue weighted by Crippen LogP contribution is -2.06. The van der Waals surface area contributed by atoms with Crippen molar-refractivity contribution < 1.29 is 17.9 Å². The van der Waals surface area contributed by atoms with Crippen LogP contribution in [0.2, 0.25) is 0 Å². The van der Waals surface area contributed by atoms with E-state index in [0.29, 0.717) is 12.2 Å². The minimum atomic E-state index is -4.43. The highest BCUT2D eigenvalue weighted by Gasteiger charge is 2.34. The molecule has 0 bridgehead atoms. The van der Waals surface area contributed by atoms with E-state index in [1.165, 1.54) is 18.2 Å². The van der Waals surface area contributed by atoms with E-state index in [1.807, 2.05) is 6.07 Å². The van der Waals surface area contributed by atoms with Gasteiger partial charge in [0, 0.05) is 0 Å². The molecule has 2 aromatic rings. The maximum absolute atomic E-state index is 12.8. The highest BCUT2D eigenvalue weighted by Crippen LogP contribution is 2.37. The van der Waals surface area contributed by atoms with Crippen LogP contribution in [0, 0.1) is 6.92 Å². The van der Waals surface area contributed by atoms with Crippen molar-refractivity contribution in [3.63, 3.8) is 0 Å². The van der Waals surface area contributed by atoms with Gasteiger partial charge >= 0.3 is 6.18 Å². The average Bonchev–Trinajstić information content (AvgIpc) is 2.38. The Morgan fingerprint density at radius 2 is 1.74 bits per heavy atom. The van der Waals surface area contributed by atoms with Crippen LogP contribution in [0.15, 0.2) is 48.5 Å². The number of hydrogen-bond acceptors (Lipinski definition) is 1. The number of alkyl halides is 3. The molecule has 0 saturated heterocycles. The molecule has 0 aliphatic heterocycles. The minimum absolute atomic E-state index is 0.198. The number of para-hydroxylation sites is 1. The van der Waals surface area contributed by atoms with Crippen molar-refractivity contribution in [2.45, 2.75) is 12.6 Å². The lowest BCUT2D eigenvalue weighted by molar-refractivity contribution is -0.138. The van der Waals surface area contributed by atoms with E-state index in [1.54, 1.807) is 18.2 Å². The molecule has 0 heterocycles. The van der Waals surface area contributed by atoms with E-state index in [9.17, 15) is 13.2 Å². The lowest BCUT2D eigenvalue weighted by Gasteiger charge is -2.13. The van der Waals surface area contributed by atoms with Crippen molar-refractivity contribution in [2.24, 2.45) is 0 Å². The Kier molecular flexibility index (Phi) is 3.79. The molecule has 0 amide bonds. The maximum atomic E-state index is 12.8. The Bertz CT molecular complexity index is 561. The van der Waals surface area contributed by atoms with Crippen LogP contribution in [-0.4, -0.2) is 0 Å². The molecule has 0 saturated carbocycles. The summed E-state index contributed by atoms with van der Waals surface area (Å²) in [5, 5.41) is 0. The van der Waals surface area contributed by atoms with Gasteiger partial charge in [-0.25, -0.2) is 0 Å². The predicted octanol–water partition coefficient (Wildman–Crippen LogP) is 4.87. The van der Waals surface area contributed by atoms with Gasteiger partial charge in [0.05, 0.1) is 5.56 Å². The summed E-state index contributed by atoms with van der Waals surface area (Å²) in [6.07, 6.45) is -3.88. The van der Waals surface area contributed by atoms with Crippen LogP contribution < -0.4 is 4.74 Å². The Morgan fingerprint density at radius 1 is 1.00 bits per heavy atom. The normalized spacial score (nSPS) is 11.4. The first kappa shape index (κ1) is 13.5. The number of benzene rings is 2. The summed E-state index contributed by atoms with van der Waals surface area (Å²) in [6.45, 7) is 3.73. The zero-order valence-corrected chi connectivity index (χ0v) is 10.1. The fraction of sp³-hybridized carbons (Fsp3) is 0.133. The fourth-order valence-electron chi connectivity index (χ4n) is 1.68. The molecule has 99 valence electrons. The number of ether oxygens (including phenoxy) is 1. The maximum Gasteiger partial charge on any atom is 0.419 e. The van der Waals surface area contributed by atoms with E-state index < -0.39 is 11.7 Å². The largest absolute Gasteiger partial charge is 0.457 e. The van der Waals surface area contributed by atoms with Gasteiger partial charge in [-0.3, -0.25) is 0 Å². The second-order valence-corrected chi connectivity index (χ2v) is 3.99. The molecular weight excluding hydrogens is 253 g/mol. The van der Waals surface area contributed by atoms with Crippen molar-refractivity contribution in [3.8, 4) is 11.5 Å². The van der Waals surface area contributed by atoms with E-state index in [2.05, 4.69) is 6.92 Å². The highest BCUT2D eigenvalue weighted by molar-refractivity contribution is 5.40. The molecule has 0 aliphatic carbocycles. The molecule has 0 spiro atoms. The van der Waals surface area contributed by atoms with Crippen LogP contribution in [0.25, 0.3) is 0 Å². The number of hydrogen-bond donors (Lipinski definition) is 0. The van der Waals surface area contributed by atoms with Gasteiger partial charge in [0.2, 0.25) is 0 Å². The standard InChI is InChI=1S/C15H12F3O/c1-2-11-6-5-7-12(10-11)19-14-9-4-3-8-13(14)15(16,17)18/h3-10H,1-2H2. The van der Waals surface area contributed by atoms with Crippen LogP contribution >= 0.6 is 0 Å². The van der Waals surface area contributed by atoms with Gasteiger partial charge in [0.15, 0.2) is 0 Å². The monoisotopic (exact) mass is 265 g/mol. The van der Waals surface area contributed by atoms with Crippen molar-refractivity contribution in [3.05, 3.63) is 66.6 Å². The molecule has 0 atom stereocenters. The average molecular weight is 265 g/mol. The molecule has 1 radical (unpaired) electrons. The predicted molar refractivity (Wildman–Crippen MR) is 67.0 cm³/mol. The van der Waals surface area contributed by atoms with E-state index in [0.717, 1.165) is 11.6 Å². The first-order valence-corrected chi connectivity index (χ1v) is 5.73. The number of rotatable bonds is 3. The van der Waals surface area contributed by atoms with Gasteiger partial charge in [-0.05, 0) is 43.2 Å². The number of halogens is 3. The summed E-state index contributed by atoms with van der Waals surface area (Å²) < 4.78 is 43.8. The second-order valence-electron chi connectivity index (χ2n) is 3.99. The highest BCUT2D eigenvalue weighted by atomic mass is 19.4. The lowest BCUT2D eigenvalue weighted by atomic mass is 10.1. The fourth-order valence-corrected chi connectivity index (χ4v) is 1.68. The van der Waals surface area contributed by atoms with Gasteiger partial charge < -0.3 is 4.74 Å². The molecule has 0 fully saturated rings. The van der Waals surface area contributed by atoms with Crippen molar-refractivity contribution in [1.82, 2.24) is 0 Å². The molecule has 2 rings (SSSR count). The molecule has 4 heteroatoms. The molecule has 0 unspecified atom stereocenters. The van der Waals surface area contributed by atoms with Crippen molar-refractivity contribution in [1.29, 1.82) is 0 Å². The SMILES string of the molecule is [CH2]Cc1cccc(Oc2ccccc2C(F)(F)F)c1. The third-order valence-electron chi connectivity index (χ3n) is 2.61. The third kappa shape index (κ3) is 3.28. The van der Waals surface area contributed by atoms with Gasteiger partial charge in [0.1, 0.15) is 11.5 Å². The van der Waals surface area contributed by atoms with Crippen LogP contribution in [0.1, 0.15) is 11.1 Å². The molecule has 19 heavy (non-hydrogen) atoms. The van der Waals surface area contributed by atoms with Crippen LogP contribution in [0.4, 0.5) is 13.2 Å². The van der Waals surface area contributed by atoms with E-state index in [4.69, 9.17) is 4.74 Å². The smallest absolute Gasteiger partial charge is 0.419 e. The topological polar surface area (TPSA) is 9.23 Å². The minimum Gasteiger partial charge on any atom is -0.457 e. The summed E-state index contributed by atoms with van der Waals surface area (Å²) in [4.78, 5) is 0. The van der Waals surface area contributed by atoms with Gasteiger partial charge in [-0.15, -0.1) is 0 Å². The quantitative estimate of drug-likeness (QED) is 0.769. The third-order valence-corrected chi connectivity index (χ3v) is 2.61. The molecule has 0 aliphatic rings. The molecule has 2 aromatic carbocycles. The van der Waals surface area contributed by atoms with Gasteiger partial charge in [0.25, 0.3) is 0 Å². The Morgan fingerprint density at radius 3 is 2.42 bits per heavy atom. The molecule has 0 aromatic heterocycles. The summed E-state index contributed by atoms with van der Waals surface area (Å²) >= 11 is 0. The van der Waals surface area contributed by atoms with Crippen LogP contribution in [0.3, 0.4) is 0 Å². The first-order chi connectivity index (χ1) is 9.00. The first-order valence-electron chi connectivity index (χ1n) is 5.73. The van der Waals surface area contributed by atoms with Gasteiger partial charge in [-0.2, -0.15) is 13.2 Å².